The van der Waals surface area contributed by atoms with E-state index >= 15 is 0 Å². The van der Waals surface area contributed by atoms with E-state index in [9.17, 15) is 4.79 Å². The molecule has 1 aromatic carbocycles. The first kappa shape index (κ1) is 24.1. The van der Waals surface area contributed by atoms with Gasteiger partial charge in [0.15, 0.2) is 5.69 Å². The minimum Gasteiger partial charge on any atom is -0.321 e. The fourth-order valence-electron chi connectivity index (χ4n) is 3.11. The molecule has 4 rings (SSSR count). The number of hydrogen-bond donors (Lipinski definition) is 2. The summed E-state index contributed by atoms with van der Waals surface area (Å²) < 4.78 is 1.81. The Morgan fingerprint density at radius 2 is 1.93 bits per heavy atom. The number of aromatic nitrogens is 4. The second-order valence-electron chi connectivity index (χ2n) is 6.69. The van der Waals surface area contributed by atoms with Gasteiger partial charge in [-0.15, -0.1) is 41.7 Å². The summed E-state index contributed by atoms with van der Waals surface area (Å²) in [6, 6.07) is 12.1. The molecule has 0 spiro atoms. The third-order valence-corrected chi connectivity index (χ3v) is 5.75. The van der Waals surface area contributed by atoms with Gasteiger partial charge in [0.2, 0.25) is 0 Å². The molecule has 1 saturated heterocycles. The molecule has 1 aliphatic heterocycles. The van der Waals surface area contributed by atoms with Crippen molar-refractivity contribution in [2.24, 2.45) is 0 Å². The molecule has 0 saturated carbocycles. The Labute approximate surface area is 192 Å². The Morgan fingerprint density at radius 1 is 1.17 bits per heavy atom. The average molecular weight is 467 g/mol. The second kappa shape index (κ2) is 11.9. The predicted octanol–water partition coefficient (Wildman–Crippen LogP) is 3.99. The lowest BCUT2D eigenvalue weighted by Gasteiger charge is -2.22. The van der Waals surface area contributed by atoms with Crippen molar-refractivity contribution in [3.05, 3.63) is 66.2 Å². The van der Waals surface area contributed by atoms with Gasteiger partial charge in [-0.05, 0) is 61.8 Å². The average Bonchev–Trinajstić information content (AvgIpc) is 3.25. The summed E-state index contributed by atoms with van der Waals surface area (Å²) in [7, 11) is 0. The van der Waals surface area contributed by atoms with Crippen molar-refractivity contribution in [3.8, 4) is 0 Å². The zero-order valence-electron chi connectivity index (χ0n) is 16.2. The highest BCUT2D eigenvalue weighted by molar-refractivity contribution is 7.98. The number of nitrogens with one attached hydrogen (secondary N) is 2. The summed E-state index contributed by atoms with van der Waals surface area (Å²) in [5.41, 5.74) is 2.27. The highest BCUT2D eigenvalue weighted by Gasteiger charge is 2.18. The molecule has 30 heavy (non-hydrogen) atoms. The van der Waals surface area contributed by atoms with Crippen molar-refractivity contribution in [1.82, 2.24) is 25.3 Å². The van der Waals surface area contributed by atoms with Crippen LogP contribution in [-0.4, -0.2) is 39.0 Å². The van der Waals surface area contributed by atoms with E-state index in [1.807, 2.05) is 41.2 Å². The predicted molar refractivity (Wildman–Crippen MR) is 124 cm³/mol. The number of rotatable bonds is 6. The maximum atomic E-state index is 12.5. The maximum absolute atomic E-state index is 12.5. The van der Waals surface area contributed by atoms with Gasteiger partial charge in [-0.25, -0.2) is 4.68 Å². The minimum atomic E-state index is -0.240. The quantitative estimate of drug-likeness (QED) is 0.534. The van der Waals surface area contributed by atoms with Crippen LogP contribution in [0.5, 0.6) is 0 Å². The number of pyridine rings is 1. The summed E-state index contributed by atoms with van der Waals surface area (Å²) >= 11 is 1.73. The first-order valence-electron chi connectivity index (χ1n) is 9.33. The molecule has 1 amide bonds. The van der Waals surface area contributed by atoms with Crippen molar-refractivity contribution in [2.75, 3.05) is 18.4 Å². The van der Waals surface area contributed by atoms with E-state index in [0.29, 0.717) is 11.7 Å². The first-order valence-corrected chi connectivity index (χ1v) is 10.3. The number of benzene rings is 1. The van der Waals surface area contributed by atoms with Crippen molar-refractivity contribution < 1.29 is 4.79 Å². The molecule has 0 unspecified atom stereocenters. The second-order valence-corrected chi connectivity index (χ2v) is 7.74. The Hall–Kier alpha value is -2.13. The molecule has 0 aliphatic carbocycles. The molecule has 0 bridgehead atoms. The zero-order chi connectivity index (χ0) is 19.2. The molecule has 0 atom stereocenters. The summed E-state index contributed by atoms with van der Waals surface area (Å²) in [5.74, 6) is 0.621. The van der Waals surface area contributed by atoms with E-state index in [0.717, 1.165) is 42.3 Å². The molecule has 2 aromatic heterocycles. The van der Waals surface area contributed by atoms with Crippen molar-refractivity contribution in [1.29, 1.82) is 0 Å². The van der Waals surface area contributed by atoms with Gasteiger partial charge in [0.25, 0.3) is 5.91 Å². The van der Waals surface area contributed by atoms with E-state index in [2.05, 4.69) is 32.0 Å². The minimum absolute atomic E-state index is 0. The van der Waals surface area contributed by atoms with Crippen LogP contribution in [0.1, 0.15) is 34.9 Å². The number of nitrogens with zero attached hydrogens (tertiary/aromatic N) is 4. The summed E-state index contributed by atoms with van der Waals surface area (Å²) in [5, 5.41) is 14.4. The number of halogens is 2. The monoisotopic (exact) mass is 466 g/mol. The molecular formula is C20H24Cl2N6OS. The van der Waals surface area contributed by atoms with Crippen LogP contribution >= 0.6 is 36.6 Å². The summed E-state index contributed by atoms with van der Waals surface area (Å²) in [6.45, 7) is 1.94. The van der Waals surface area contributed by atoms with E-state index in [4.69, 9.17) is 0 Å². The fraction of sp³-hybridized carbons (Fsp3) is 0.300. The van der Waals surface area contributed by atoms with Crippen LogP contribution in [-0.2, 0) is 5.75 Å². The molecule has 3 aromatic rings. The van der Waals surface area contributed by atoms with Gasteiger partial charge < -0.3 is 10.6 Å². The van der Waals surface area contributed by atoms with Crippen molar-refractivity contribution >= 4 is 48.2 Å². The van der Waals surface area contributed by atoms with Crippen molar-refractivity contribution in [3.63, 3.8) is 0 Å². The standard InChI is InChI=1S/C20H22N6OS.2ClH/c27-20(19-13-26(25-24-19)17-7-10-21-11-8-17)23-16-3-5-18(6-4-16)28-14-15-2-1-9-22-12-15;;/h1-6,9,12-13,17,21H,7-8,10-11,14H2,(H,23,27);2*1H. The SMILES string of the molecule is Cl.Cl.O=C(Nc1ccc(SCc2cccnc2)cc1)c1cn(C2CCNCC2)nn1. The normalized spacial score (nSPS) is 13.7. The Bertz CT molecular complexity index is 917. The molecule has 3 heterocycles. The van der Waals surface area contributed by atoms with Crippen LogP contribution in [0, 0.1) is 0 Å². The lowest BCUT2D eigenvalue weighted by molar-refractivity contribution is 0.102. The lowest BCUT2D eigenvalue weighted by Crippen LogP contribution is -2.29. The Morgan fingerprint density at radius 3 is 2.63 bits per heavy atom. The molecule has 1 aliphatic rings. The van der Waals surface area contributed by atoms with Gasteiger partial charge in [0.05, 0.1) is 12.2 Å². The Balaban J connectivity index is 0.00000160. The highest BCUT2D eigenvalue weighted by Crippen LogP contribution is 2.24. The molecule has 10 heteroatoms. The van der Waals surface area contributed by atoms with Gasteiger partial charge >= 0.3 is 0 Å². The summed E-state index contributed by atoms with van der Waals surface area (Å²) in [4.78, 5) is 17.7. The maximum Gasteiger partial charge on any atom is 0.277 e. The molecule has 7 nitrogen and oxygen atoms in total. The largest absolute Gasteiger partial charge is 0.321 e. The van der Waals surface area contributed by atoms with Gasteiger partial charge in [-0.1, -0.05) is 11.3 Å². The lowest BCUT2D eigenvalue weighted by atomic mass is 10.1. The van der Waals surface area contributed by atoms with Crippen LogP contribution < -0.4 is 10.6 Å². The smallest absolute Gasteiger partial charge is 0.277 e. The molecule has 160 valence electrons. The molecule has 0 radical (unpaired) electrons. The highest BCUT2D eigenvalue weighted by atomic mass is 35.5. The van der Waals surface area contributed by atoms with E-state index in [1.54, 1.807) is 24.2 Å². The van der Waals surface area contributed by atoms with E-state index in [-0.39, 0.29) is 30.7 Å². The number of hydrogen-bond acceptors (Lipinski definition) is 6. The van der Waals surface area contributed by atoms with Gasteiger partial charge in [0, 0.05) is 28.7 Å². The molecule has 1 fully saturated rings. The number of carbonyl (C=O) groups is 1. The Kier molecular flexibility index (Phi) is 9.58. The van der Waals surface area contributed by atoms with Gasteiger partial charge in [-0.3, -0.25) is 9.78 Å². The van der Waals surface area contributed by atoms with Crippen LogP contribution in [0.25, 0.3) is 0 Å². The number of carbonyl (C=O) groups excluding carboxylic acids is 1. The number of thioether (sulfide) groups is 1. The van der Waals surface area contributed by atoms with E-state index < -0.39 is 0 Å². The number of anilines is 1. The van der Waals surface area contributed by atoms with Gasteiger partial charge in [-0.2, -0.15) is 0 Å². The molecule has 2 N–H and O–H groups in total. The third-order valence-electron chi connectivity index (χ3n) is 4.67. The van der Waals surface area contributed by atoms with Crippen molar-refractivity contribution in [2.45, 2.75) is 29.5 Å². The van der Waals surface area contributed by atoms with Crippen LogP contribution in [0.15, 0.2) is 59.9 Å². The summed E-state index contributed by atoms with van der Waals surface area (Å²) in [6.07, 6.45) is 7.39. The topological polar surface area (TPSA) is 84.7 Å². The van der Waals surface area contributed by atoms with Crippen LogP contribution in [0.4, 0.5) is 5.69 Å². The zero-order valence-corrected chi connectivity index (χ0v) is 18.7. The first-order chi connectivity index (χ1) is 13.8. The third kappa shape index (κ3) is 6.43. The van der Waals surface area contributed by atoms with Crippen LogP contribution in [0.2, 0.25) is 0 Å². The van der Waals surface area contributed by atoms with Crippen LogP contribution in [0.3, 0.4) is 0 Å². The van der Waals surface area contributed by atoms with E-state index in [1.165, 1.54) is 5.56 Å². The number of amides is 1. The number of piperidine rings is 1. The molecular weight excluding hydrogens is 443 g/mol. The fourth-order valence-corrected chi connectivity index (χ4v) is 3.94. The van der Waals surface area contributed by atoms with Gasteiger partial charge in [0.1, 0.15) is 0 Å².